The third kappa shape index (κ3) is 2.91. The highest BCUT2D eigenvalue weighted by molar-refractivity contribution is 7.80. The van der Waals surface area contributed by atoms with Gasteiger partial charge in [-0.05, 0) is 30.4 Å². The number of thiophene rings is 1. The number of carbonyl (C=O) groups is 2. The topological polar surface area (TPSA) is 49.4 Å². The molecule has 2 rings (SSSR count). The maximum Gasteiger partial charge on any atom is 0.265 e. The number of hydrogen-bond acceptors (Lipinski definition) is 4. The minimum atomic E-state index is -0.500. The van der Waals surface area contributed by atoms with Crippen molar-refractivity contribution in [2.45, 2.75) is 0 Å². The van der Waals surface area contributed by atoms with E-state index in [1.807, 2.05) is 0 Å². The molecule has 1 N–H and O–H groups in total. The predicted octanol–water partition coefficient (Wildman–Crippen LogP) is 2.21. The van der Waals surface area contributed by atoms with Crippen LogP contribution in [0.25, 0.3) is 6.08 Å². The molecule has 1 aliphatic heterocycles. The van der Waals surface area contributed by atoms with E-state index in [0.29, 0.717) is 4.34 Å². The molecule has 0 aromatic carbocycles. The second-order valence-electron chi connectivity index (χ2n) is 3.66. The molecule has 0 saturated carbocycles. The Morgan fingerprint density at radius 2 is 2.21 bits per heavy atom. The van der Waals surface area contributed by atoms with Gasteiger partial charge in [0.1, 0.15) is 5.57 Å². The lowest BCUT2D eigenvalue weighted by molar-refractivity contribution is -0.128. The van der Waals surface area contributed by atoms with E-state index >= 15 is 0 Å². The Kier molecular flexibility index (Phi) is 4.14. The van der Waals surface area contributed by atoms with Crippen molar-refractivity contribution in [3.63, 3.8) is 0 Å². The molecule has 1 aliphatic rings. The van der Waals surface area contributed by atoms with Crippen molar-refractivity contribution in [3.8, 4) is 0 Å². The van der Waals surface area contributed by atoms with E-state index in [0.717, 1.165) is 4.88 Å². The van der Waals surface area contributed by atoms with Crippen LogP contribution in [-0.2, 0) is 9.59 Å². The molecule has 0 unspecified atom stereocenters. The fourth-order valence-corrected chi connectivity index (χ4v) is 2.79. The fraction of sp³-hybridized carbons (Fsp3) is 0.0833. The minimum absolute atomic E-state index is 0.0361. The van der Waals surface area contributed by atoms with Crippen LogP contribution in [0.5, 0.6) is 0 Å². The molecule has 1 aromatic rings. The first-order valence-corrected chi connectivity index (χ1v) is 6.88. The number of carbonyl (C=O) groups excluding carboxylic acids is 2. The predicted molar refractivity (Wildman–Crippen MR) is 80.0 cm³/mol. The van der Waals surface area contributed by atoms with Crippen LogP contribution in [-0.4, -0.2) is 28.4 Å². The molecular formula is C12H9ClN2O2S2. The van der Waals surface area contributed by atoms with Crippen molar-refractivity contribution in [3.05, 3.63) is 39.6 Å². The quantitative estimate of drug-likeness (QED) is 0.403. The summed E-state index contributed by atoms with van der Waals surface area (Å²) in [6.45, 7) is 3.80. The molecule has 0 bridgehead atoms. The summed E-state index contributed by atoms with van der Waals surface area (Å²) < 4.78 is 0.592. The summed E-state index contributed by atoms with van der Waals surface area (Å²) in [6.07, 6.45) is 3.05. The Morgan fingerprint density at radius 1 is 1.47 bits per heavy atom. The highest BCUT2D eigenvalue weighted by Crippen LogP contribution is 2.24. The van der Waals surface area contributed by atoms with Crippen LogP contribution in [0.2, 0.25) is 4.34 Å². The number of hydrogen-bond donors (Lipinski definition) is 1. The number of nitrogens with zero attached hydrogens (tertiary/aromatic N) is 1. The van der Waals surface area contributed by atoms with Crippen molar-refractivity contribution < 1.29 is 9.59 Å². The molecule has 2 heterocycles. The van der Waals surface area contributed by atoms with Crippen molar-refractivity contribution in [1.82, 2.24) is 10.2 Å². The van der Waals surface area contributed by atoms with Crippen LogP contribution in [0, 0.1) is 0 Å². The van der Waals surface area contributed by atoms with Gasteiger partial charge in [0, 0.05) is 11.4 Å². The summed E-state index contributed by atoms with van der Waals surface area (Å²) in [5.74, 6) is -0.932. The van der Waals surface area contributed by atoms with E-state index in [1.54, 1.807) is 18.2 Å². The van der Waals surface area contributed by atoms with E-state index in [-0.39, 0.29) is 17.2 Å². The zero-order valence-corrected chi connectivity index (χ0v) is 12.1. The smallest absolute Gasteiger partial charge is 0.265 e. The van der Waals surface area contributed by atoms with Gasteiger partial charge in [-0.15, -0.1) is 17.9 Å². The number of rotatable bonds is 3. The summed E-state index contributed by atoms with van der Waals surface area (Å²) in [5, 5.41) is 2.57. The zero-order valence-electron chi connectivity index (χ0n) is 9.68. The van der Waals surface area contributed by atoms with Crippen molar-refractivity contribution >= 4 is 58.2 Å². The van der Waals surface area contributed by atoms with Crippen molar-refractivity contribution in [2.24, 2.45) is 0 Å². The second kappa shape index (κ2) is 5.64. The van der Waals surface area contributed by atoms with E-state index in [4.69, 9.17) is 23.8 Å². The molecule has 98 valence electrons. The Morgan fingerprint density at radius 3 is 2.79 bits per heavy atom. The van der Waals surface area contributed by atoms with Crippen LogP contribution in [0.4, 0.5) is 0 Å². The maximum atomic E-state index is 12.2. The number of halogens is 1. The SMILES string of the molecule is C=CCN1C(=O)C(=Cc2ccc(Cl)s2)C(=O)NC1=S. The van der Waals surface area contributed by atoms with Crippen LogP contribution in [0.3, 0.4) is 0 Å². The van der Waals surface area contributed by atoms with Crippen molar-refractivity contribution in [2.75, 3.05) is 6.54 Å². The summed E-state index contributed by atoms with van der Waals surface area (Å²) >= 11 is 12.0. The first-order valence-electron chi connectivity index (χ1n) is 5.28. The molecule has 1 fully saturated rings. The lowest BCUT2D eigenvalue weighted by Crippen LogP contribution is -2.53. The molecule has 0 aliphatic carbocycles. The van der Waals surface area contributed by atoms with Gasteiger partial charge in [0.2, 0.25) is 0 Å². The largest absolute Gasteiger partial charge is 0.298 e. The molecule has 4 nitrogen and oxygen atoms in total. The van der Waals surface area contributed by atoms with Gasteiger partial charge >= 0.3 is 0 Å². The molecule has 0 spiro atoms. The average molecular weight is 313 g/mol. The maximum absolute atomic E-state index is 12.2. The first kappa shape index (κ1) is 13.9. The monoisotopic (exact) mass is 312 g/mol. The third-order valence-corrected chi connectivity index (χ3v) is 3.88. The van der Waals surface area contributed by atoms with Crippen LogP contribution >= 0.6 is 35.2 Å². The first-order chi connectivity index (χ1) is 9.02. The Bertz CT molecular complexity index is 607. The van der Waals surface area contributed by atoms with Gasteiger partial charge in [0.05, 0.1) is 4.34 Å². The summed E-state index contributed by atoms with van der Waals surface area (Å²) in [6, 6.07) is 3.45. The third-order valence-electron chi connectivity index (χ3n) is 2.38. The fourth-order valence-electron chi connectivity index (χ4n) is 1.54. The summed E-state index contributed by atoms with van der Waals surface area (Å²) in [4.78, 5) is 26.0. The van der Waals surface area contributed by atoms with Crippen LogP contribution < -0.4 is 5.32 Å². The molecule has 1 saturated heterocycles. The zero-order chi connectivity index (χ0) is 14.0. The highest BCUT2D eigenvalue weighted by atomic mass is 35.5. The van der Waals surface area contributed by atoms with Crippen LogP contribution in [0.15, 0.2) is 30.4 Å². The Labute approximate surface area is 124 Å². The minimum Gasteiger partial charge on any atom is -0.298 e. The standard InChI is InChI=1S/C12H9ClN2O2S2/c1-2-5-15-11(17)8(10(16)14-12(15)18)6-7-3-4-9(13)19-7/h2-4,6H,1,5H2,(H,14,16,18). The summed E-state index contributed by atoms with van der Waals surface area (Å²) in [7, 11) is 0. The van der Waals surface area contributed by atoms with E-state index in [1.165, 1.54) is 22.3 Å². The Balaban J connectivity index is 2.35. The molecule has 2 amide bonds. The second-order valence-corrected chi connectivity index (χ2v) is 5.80. The normalized spacial score (nSPS) is 17.8. The Hall–Kier alpha value is -1.50. The lowest BCUT2D eigenvalue weighted by Gasteiger charge is -2.27. The number of nitrogens with one attached hydrogen (secondary N) is 1. The van der Waals surface area contributed by atoms with Gasteiger partial charge in [-0.1, -0.05) is 17.7 Å². The van der Waals surface area contributed by atoms with Gasteiger partial charge in [-0.2, -0.15) is 0 Å². The van der Waals surface area contributed by atoms with Gasteiger partial charge in [0.25, 0.3) is 11.8 Å². The van der Waals surface area contributed by atoms with Crippen molar-refractivity contribution in [1.29, 1.82) is 0 Å². The number of amides is 2. The number of thiocarbonyl (C=S) groups is 1. The molecule has 19 heavy (non-hydrogen) atoms. The molecular weight excluding hydrogens is 304 g/mol. The highest BCUT2D eigenvalue weighted by Gasteiger charge is 2.32. The van der Waals surface area contributed by atoms with E-state index in [2.05, 4.69) is 11.9 Å². The molecule has 0 atom stereocenters. The van der Waals surface area contributed by atoms with Gasteiger partial charge < -0.3 is 0 Å². The average Bonchev–Trinajstić information content (AvgIpc) is 2.76. The van der Waals surface area contributed by atoms with E-state index in [9.17, 15) is 9.59 Å². The van der Waals surface area contributed by atoms with E-state index < -0.39 is 11.8 Å². The molecule has 7 heteroatoms. The van der Waals surface area contributed by atoms with Crippen LogP contribution in [0.1, 0.15) is 4.88 Å². The molecule has 1 aromatic heterocycles. The van der Waals surface area contributed by atoms with Gasteiger partial charge in [-0.25, -0.2) is 0 Å². The molecule has 0 radical (unpaired) electrons. The lowest BCUT2D eigenvalue weighted by atomic mass is 10.1. The summed E-state index contributed by atoms with van der Waals surface area (Å²) in [5.41, 5.74) is 0.0361. The van der Waals surface area contributed by atoms with Gasteiger partial charge in [0.15, 0.2) is 5.11 Å². The van der Waals surface area contributed by atoms with Gasteiger partial charge in [-0.3, -0.25) is 19.8 Å².